The first kappa shape index (κ1) is 16.9. The minimum atomic E-state index is -0.154. The predicted molar refractivity (Wildman–Crippen MR) is 95.0 cm³/mol. The number of nitrogens with zero attached hydrogens (tertiary/aromatic N) is 2. The second kappa shape index (κ2) is 8.23. The number of rotatable bonds is 7. The average molecular weight is 339 g/mol. The van der Waals surface area contributed by atoms with E-state index >= 15 is 0 Å². The molecule has 7 nitrogen and oxygen atoms in total. The Labute approximate surface area is 146 Å². The lowest BCUT2D eigenvalue weighted by atomic mass is 9.89. The van der Waals surface area contributed by atoms with Gasteiger partial charge in [0.15, 0.2) is 0 Å². The summed E-state index contributed by atoms with van der Waals surface area (Å²) in [6, 6.07) is 7.78. The summed E-state index contributed by atoms with van der Waals surface area (Å²) in [5.74, 6) is 0.469. The number of hydrogen-bond acceptors (Lipinski definition) is 5. The van der Waals surface area contributed by atoms with E-state index in [0.29, 0.717) is 38.2 Å². The van der Waals surface area contributed by atoms with Gasteiger partial charge in [-0.1, -0.05) is 18.2 Å². The molecular weight excluding hydrogens is 318 g/mol. The van der Waals surface area contributed by atoms with Crippen molar-refractivity contribution < 1.29 is 9.59 Å². The summed E-state index contributed by atoms with van der Waals surface area (Å²) in [6.07, 6.45) is 6.40. The predicted octanol–water partition coefficient (Wildman–Crippen LogP) is 1.60. The second-order valence-corrected chi connectivity index (χ2v) is 5.95. The molecule has 7 heteroatoms. The molecule has 0 bridgehead atoms. The van der Waals surface area contributed by atoms with Crippen LogP contribution in [0.1, 0.15) is 18.4 Å². The number of fused-ring (bicyclic) bond motifs is 1. The topological polar surface area (TPSA) is 96.0 Å². The van der Waals surface area contributed by atoms with Gasteiger partial charge in [-0.3, -0.25) is 14.6 Å². The fourth-order valence-corrected chi connectivity index (χ4v) is 2.82. The molecule has 25 heavy (non-hydrogen) atoms. The van der Waals surface area contributed by atoms with Crippen molar-refractivity contribution in [1.29, 1.82) is 0 Å². The van der Waals surface area contributed by atoms with Gasteiger partial charge in [0.2, 0.25) is 11.8 Å². The van der Waals surface area contributed by atoms with Gasteiger partial charge in [-0.05, 0) is 24.5 Å². The van der Waals surface area contributed by atoms with Crippen LogP contribution in [0.15, 0.2) is 42.9 Å². The molecule has 0 spiro atoms. The lowest BCUT2D eigenvalue weighted by Crippen LogP contribution is -2.33. The zero-order valence-corrected chi connectivity index (χ0v) is 13.9. The molecule has 1 atom stereocenters. The highest BCUT2D eigenvalue weighted by molar-refractivity contribution is 5.96. The molecule has 3 N–H and O–H groups in total. The van der Waals surface area contributed by atoms with Crippen molar-refractivity contribution in [3.8, 4) is 0 Å². The Morgan fingerprint density at radius 2 is 2.12 bits per heavy atom. The highest BCUT2D eigenvalue weighted by Crippen LogP contribution is 2.27. The highest BCUT2D eigenvalue weighted by Gasteiger charge is 2.26. The third-order valence-electron chi connectivity index (χ3n) is 4.15. The summed E-state index contributed by atoms with van der Waals surface area (Å²) in [7, 11) is 0. The van der Waals surface area contributed by atoms with E-state index in [1.165, 1.54) is 0 Å². The number of aromatic nitrogens is 2. The number of anilines is 2. The van der Waals surface area contributed by atoms with Crippen LogP contribution in [0.25, 0.3) is 0 Å². The second-order valence-electron chi connectivity index (χ2n) is 5.95. The Kier molecular flexibility index (Phi) is 5.56. The molecule has 1 aliphatic rings. The number of amides is 2. The lowest BCUT2D eigenvalue weighted by molar-refractivity contribution is -0.122. The van der Waals surface area contributed by atoms with Crippen LogP contribution in [0.3, 0.4) is 0 Å². The summed E-state index contributed by atoms with van der Waals surface area (Å²) in [4.78, 5) is 32.1. The standard InChI is InChI=1S/C18H21N5O2/c24-17(22-10-9-21-16-12-19-7-8-20-16)6-5-14-11-13-3-1-2-4-15(13)23-18(14)25/h1-4,7-8,12,14H,5-6,9-11H2,(H,20,21)(H,22,24)(H,23,25). The molecule has 1 aromatic carbocycles. The van der Waals surface area contributed by atoms with Crippen molar-refractivity contribution in [3.63, 3.8) is 0 Å². The first-order valence-corrected chi connectivity index (χ1v) is 8.38. The first-order valence-electron chi connectivity index (χ1n) is 8.38. The monoisotopic (exact) mass is 339 g/mol. The van der Waals surface area contributed by atoms with Crippen molar-refractivity contribution in [2.45, 2.75) is 19.3 Å². The van der Waals surface area contributed by atoms with Gasteiger partial charge in [0.25, 0.3) is 0 Å². The summed E-state index contributed by atoms with van der Waals surface area (Å²) >= 11 is 0. The minimum Gasteiger partial charge on any atom is -0.367 e. The normalized spacial score (nSPS) is 15.8. The zero-order valence-electron chi connectivity index (χ0n) is 13.9. The number of para-hydroxylation sites is 1. The SMILES string of the molecule is O=C(CCC1Cc2ccccc2NC1=O)NCCNc1cnccn1. The highest BCUT2D eigenvalue weighted by atomic mass is 16.2. The molecule has 0 radical (unpaired) electrons. The van der Waals surface area contributed by atoms with Crippen molar-refractivity contribution in [2.75, 3.05) is 23.7 Å². The molecule has 0 aliphatic carbocycles. The van der Waals surface area contributed by atoms with E-state index in [1.807, 2.05) is 24.3 Å². The van der Waals surface area contributed by atoms with Gasteiger partial charge in [-0.25, -0.2) is 4.98 Å². The summed E-state index contributed by atoms with van der Waals surface area (Å²) in [6.45, 7) is 1.07. The van der Waals surface area contributed by atoms with Crippen LogP contribution in [-0.2, 0) is 16.0 Å². The smallest absolute Gasteiger partial charge is 0.227 e. The lowest BCUT2D eigenvalue weighted by Gasteiger charge is -2.24. The van der Waals surface area contributed by atoms with Gasteiger partial charge >= 0.3 is 0 Å². The maximum atomic E-state index is 12.1. The summed E-state index contributed by atoms with van der Waals surface area (Å²) in [5.41, 5.74) is 2.00. The third-order valence-corrected chi connectivity index (χ3v) is 4.15. The van der Waals surface area contributed by atoms with Crippen LogP contribution >= 0.6 is 0 Å². The Bertz CT molecular complexity index is 735. The van der Waals surface area contributed by atoms with Gasteiger partial charge in [-0.15, -0.1) is 0 Å². The van der Waals surface area contributed by atoms with Gasteiger partial charge in [0.05, 0.1) is 6.20 Å². The van der Waals surface area contributed by atoms with Crippen molar-refractivity contribution in [1.82, 2.24) is 15.3 Å². The fourth-order valence-electron chi connectivity index (χ4n) is 2.82. The van der Waals surface area contributed by atoms with E-state index in [0.717, 1.165) is 11.3 Å². The van der Waals surface area contributed by atoms with Crippen LogP contribution in [0, 0.1) is 5.92 Å². The summed E-state index contributed by atoms with van der Waals surface area (Å²) in [5, 5.41) is 8.83. The maximum absolute atomic E-state index is 12.1. The van der Waals surface area contributed by atoms with E-state index in [-0.39, 0.29) is 17.7 Å². The Balaban J connectivity index is 1.37. The number of carbonyl (C=O) groups is 2. The van der Waals surface area contributed by atoms with E-state index < -0.39 is 0 Å². The number of benzene rings is 1. The molecule has 2 aromatic rings. The molecule has 1 aromatic heterocycles. The van der Waals surface area contributed by atoms with E-state index in [9.17, 15) is 9.59 Å². The Hall–Kier alpha value is -2.96. The molecule has 130 valence electrons. The van der Waals surface area contributed by atoms with Gasteiger partial charge < -0.3 is 16.0 Å². The van der Waals surface area contributed by atoms with Crippen molar-refractivity contribution in [2.24, 2.45) is 5.92 Å². The number of nitrogens with one attached hydrogen (secondary N) is 3. The fraction of sp³-hybridized carbons (Fsp3) is 0.333. The van der Waals surface area contributed by atoms with Gasteiger partial charge in [0, 0.05) is 43.5 Å². The number of carbonyl (C=O) groups excluding carboxylic acids is 2. The first-order chi connectivity index (χ1) is 12.2. The quantitative estimate of drug-likeness (QED) is 0.666. The Morgan fingerprint density at radius 1 is 1.24 bits per heavy atom. The van der Waals surface area contributed by atoms with Crippen molar-refractivity contribution in [3.05, 3.63) is 48.4 Å². The van der Waals surface area contributed by atoms with Crippen molar-refractivity contribution >= 4 is 23.3 Å². The number of hydrogen-bond donors (Lipinski definition) is 3. The van der Waals surface area contributed by atoms with E-state index in [2.05, 4.69) is 25.9 Å². The van der Waals surface area contributed by atoms with Gasteiger partial charge in [-0.2, -0.15) is 0 Å². The molecule has 2 amide bonds. The third kappa shape index (κ3) is 4.76. The zero-order chi connectivity index (χ0) is 17.5. The molecule has 2 heterocycles. The molecule has 0 saturated carbocycles. The van der Waals surface area contributed by atoms with Crippen LogP contribution in [0.5, 0.6) is 0 Å². The van der Waals surface area contributed by atoms with Crippen LogP contribution in [0.2, 0.25) is 0 Å². The molecule has 0 fully saturated rings. The largest absolute Gasteiger partial charge is 0.367 e. The molecule has 0 saturated heterocycles. The van der Waals surface area contributed by atoms with Gasteiger partial charge in [0.1, 0.15) is 5.82 Å². The van der Waals surface area contributed by atoms with Crippen LogP contribution in [-0.4, -0.2) is 34.9 Å². The average Bonchev–Trinajstić information content (AvgIpc) is 2.64. The molecule has 1 aliphatic heterocycles. The van der Waals surface area contributed by atoms with E-state index in [1.54, 1.807) is 18.6 Å². The maximum Gasteiger partial charge on any atom is 0.227 e. The molecular formula is C18H21N5O2. The van der Waals surface area contributed by atoms with E-state index in [4.69, 9.17) is 0 Å². The molecule has 3 rings (SSSR count). The van der Waals surface area contributed by atoms with Crippen LogP contribution in [0.4, 0.5) is 11.5 Å². The minimum absolute atomic E-state index is 0.00387. The molecule has 1 unspecified atom stereocenters. The van der Waals surface area contributed by atoms with Crippen LogP contribution < -0.4 is 16.0 Å². The summed E-state index contributed by atoms with van der Waals surface area (Å²) < 4.78 is 0. The Morgan fingerprint density at radius 3 is 2.96 bits per heavy atom.